The Labute approximate surface area is 182 Å². The van der Waals surface area contributed by atoms with Crippen LogP contribution >= 0.6 is 0 Å². The number of rotatable bonds is 13. The standard InChI is InChI=1S/C23H39N3O3S/c1-3-24-22(26-20-23(13-8-9-14-23)15-17-29-4-2)25-16-10-18-30(27,28)19-21-11-6-5-7-12-21/h5-7,11-12H,3-4,8-10,13-20H2,1-2H3,(H2,24,25,26). The van der Waals surface area contributed by atoms with Crippen LogP contribution < -0.4 is 10.6 Å². The Morgan fingerprint density at radius 1 is 1.13 bits per heavy atom. The molecule has 0 bridgehead atoms. The number of nitrogens with zero attached hydrogens (tertiary/aromatic N) is 1. The fourth-order valence-electron chi connectivity index (χ4n) is 4.03. The van der Waals surface area contributed by atoms with Crippen LogP contribution in [0.1, 0.15) is 57.9 Å². The average Bonchev–Trinajstić information content (AvgIpc) is 3.19. The largest absolute Gasteiger partial charge is 0.382 e. The van der Waals surface area contributed by atoms with E-state index >= 15 is 0 Å². The summed E-state index contributed by atoms with van der Waals surface area (Å²) >= 11 is 0. The maximum Gasteiger partial charge on any atom is 0.191 e. The Morgan fingerprint density at radius 3 is 2.53 bits per heavy atom. The van der Waals surface area contributed by atoms with E-state index in [1.807, 2.05) is 44.2 Å². The molecule has 1 aliphatic carbocycles. The van der Waals surface area contributed by atoms with Gasteiger partial charge in [0, 0.05) is 32.8 Å². The second kappa shape index (κ2) is 13.0. The smallest absolute Gasteiger partial charge is 0.191 e. The Hall–Kier alpha value is -1.60. The molecule has 6 nitrogen and oxygen atoms in total. The maximum absolute atomic E-state index is 12.4. The van der Waals surface area contributed by atoms with E-state index in [1.165, 1.54) is 25.7 Å². The number of hydrogen-bond donors (Lipinski definition) is 2. The number of hydrogen-bond acceptors (Lipinski definition) is 4. The third-order valence-electron chi connectivity index (χ3n) is 5.72. The first-order chi connectivity index (χ1) is 14.5. The lowest BCUT2D eigenvalue weighted by Gasteiger charge is -2.27. The highest BCUT2D eigenvalue weighted by Crippen LogP contribution is 2.41. The number of sulfone groups is 1. The van der Waals surface area contributed by atoms with Crippen LogP contribution in [0.3, 0.4) is 0 Å². The Bertz CT molecular complexity index is 729. The number of guanidine groups is 1. The topological polar surface area (TPSA) is 79.8 Å². The molecular weight excluding hydrogens is 398 g/mol. The molecule has 0 heterocycles. The first-order valence-electron chi connectivity index (χ1n) is 11.3. The van der Waals surface area contributed by atoms with Gasteiger partial charge in [-0.05, 0) is 50.5 Å². The van der Waals surface area contributed by atoms with Gasteiger partial charge in [-0.1, -0.05) is 43.2 Å². The van der Waals surface area contributed by atoms with Crippen LogP contribution in [-0.4, -0.2) is 53.0 Å². The first kappa shape index (κ1) is 24.7. The number of benzene rings is 1. The van der Waals surface area contributed by atoms with E-state index in [1.54, 1.807) is 0 Å². The highest BCUT2D eigenvalue weighted by molar-refractivity contribution is 7.90. The molecule has 0 aliphatic heterocycles. The van der Waals surface area contributed by atoms with Crippen LogP contribution in [0.25, 0.3) is 0 Å². The van der Waals surface area contributed by atoms with E-state index in [2.05, 4.69) is 10.6 Å². The van der Waals surface area contributed by atoms with Crippen molar-refractivity contribution in [2.45, 2.75) is 58.1 Å². The van der Waals surface area contributed by atoms with Gasteiger partial charge in [0.15, 0.2) is 15.8 Å². The summed E-state index contributed by atoms with van der Waals surface area (Å²) in [6, 6.07) is 9.36. The van der Waals surface area contributed by atoms with Gasteiger partial charge in [0.05, 0.1) is 11.5 Å². The zero-order chi connectivity index (χ0) is 21.7. The first-order valence-corrected chi connectivity index (χ1v) is 13.1. The van der Waals surface area contributed by atoms with Gasteiger partial charge in [-0.3, -0.25) is 4.99 Å². The van der Waals surface area contributed by atoms with E-state index < -0.39 is 9.84 Å². The van der Waals surface area contributed by atoms with Gasteiger partial charge >= 0.3 is 0 Å². The predicted octanol–water partition coefficient (Wildman–Crippen LogP) is 3.53. The van der Waals surface area contributed by atoms with Gasteiger partial charge in [-0.25, -0.2) is 8.42 Å². The molecule has 30 heavy (non-hydrogen) atoms. The molecule has 7 heteroatoms. The molecule has 1 saturated carbocycles. The van der Waals surface area contributed by atoms with Crippen molar-refractivity contribution in [3.63, 3.8) is 0 Å². The summed E-state index contributed by atoms with van der Waals surface area (Å²) in [5.41, 5.74) is 1.09. The molecule has 0 aromatic heterocycles. The SMILES string of the molecule is CCNC(=NCC1(CCOCC)CCCC1)NCCCS(=O)(=O)Cc1ccccc1. The minimum atomic E-state index is -3.11. The quantitative estimate of drug-likeness (QED) is 0.280. The Kier molecular flexibility index (Phi) is 10.6. The Balaban J connectivity index is 1.81. The van der Waals surface area contributed by atoms with E-state index in [4.69, 9.17) is 9.73 Å². The van der Waals surface area contributed by atoms with Crippen molar-refractivity contribution in [2.24, 2.45) is 10.4 Å². The van der Waals surface area contributed by atoms with Gasteiger partial charge in [-0.15, -0.1) is 0 Å². The molecule has 1 fully saturated rings. The van der Waals surface area contributed by atoms with E-state index in [9.17, 15) is 8.42 Å². The minimum absolute atomic E-state index is 0.102. The van der Waals surface area contributed by atoms with E-state index in [0.717, 1.165) is 44.2 Å². The van der Waals surface area contributed by atoms with Crippen molar-refractivity contribution in [1.82, 2.24) is 10.6 Å². The highest BCUT2D eigenvalue weighted by Gasteiger charge is 2.33. The zero-order valence-electron chi connectivity index (χ0n) is 18.7. The highest BCUT2D eigenvalue weighted by atomic mass is 32.2. The lowest BCUT2D eigenvalue weighted by atomic mass is 9.83. The molecule has 0 atom stereocenters. The van der Waals surface area contributed by atoms with Crippen molar-refractivity contribution in [3.05, 3.63) is 35.9 Å². The second-order valence-corrected chi connectivity index (χ2v) is 10.4. The molecule has 0 saturated heterocycles. The predicted molar refractivity (Wildman–Crippen MR) is 125 cm³/mol. The summed E-state index contributed by atoms with van der Waals surface area (Å²) in [7, 11) is -3.11. The van der Waals surface area contributed by atoms with Gasteiger partial charge in [0.1, 0.15) is 0 Å². The lowest BCUT2D eigenvalue weighted by Crippen LogP contribution is -2.39. The maximum atomic E-state index is 12.4. The van der Waals surface area contributed by atoms with E-state index in [0.29, 0.717) is 13.0 Å². The van der Waals surface area contributed by atoms with Crippen molar-refractivity contribution >= 4 is 15.8 Å². The third kappa shape index (κ3) is 9.04. The van der Waals surface area contributed by atoms with Crippen molar-refractivity contribution in [3.8, 4) is 0 Å². The normalized spacial score (nSPS) is 16.5. The molecule has 0 unspecified atom stereocenters. The average molecular weight is 438 g/mol. The molecular formula is C23H39N3O3S. The molecule has 0 amide bonds. The second-order valence-electron chi connectivity index (χ2n) is 8.21. The summed E-state index contributed by atoms with van der Waals surface area (Å²) in [6.07, 6.45) is 6.58. The van der Waals surface area contributed by atoms with Gasteiger partial charge in [0.25, 0.3) is 0 Å². The molecule has 170 valence electrons. The van der Waals surface area contributed by atoms with Gasteiger partial charge in [0.2, 0.25) is 0 Å². The monoisotopic (exact) mass is 437 g/mol. The minimum Gasteiger partial charge on any atom is -0.382 e. The fraction of sp³-hybridized carbons (Fsp3) is 0.696. The molecule has 0 radical (unpaired) electrons. The molecule has 2 N–H and O–H groups in total. The summed E-state index contributed by atoms with van der Waals surface area (Å²) in [4.78, 5) is 4.84. The number of aliphatic imine (C=N–C) groups is 1. The van der Waals surface area contributed by atoms with Crippen molar-refractivity contribution in [1.29, 1.82) is 0 Å². The summed E-state index contributed by atoms with van der Waals surface area (Å²) in [5, 5.41) is 6.60. The molecule has 1 aromatic rings. The van der Waals surface area contributed by atoms with Crippen LogP contribution in [0.4, 0.5) is 0 Å². The summed E-state index contributed by atoms with van der Waals surface area (Å²) in [5.74, 6) is 1.05. The van der Waals surface area contributed by atoms with Crippen LogP contribution in [0.5, 0.6) is 0 Å². The number of ether oxygens (including phenoxy) is 1. The van der Waals surface area contributed by atoms with Crippen molar-refractivity contribution < 1.29 is 13.2 Å². The van der Waals surface area contributed by atoms with Crippen LogP contribution in [0, 0.1) is 5.41 Å². The molecule has 1 aliphatic rings. The van der Waals surface area contributed by atoms with Crippen LogP contribution in [-0.2, 0) is 20.3 Å². The molecule has 0 spiro atoms. The Morgan fingerprint density at radius 2 is 1.87 bits per heavy atom. The summed E-state index contributed by atoms with van der Waals surface area (Å²) < 4.78 is 30.3. The van der Waals surface area contributed by atoms with Gasteiger partial charge in [-0.2, -0.15) is 0 Å². The molecule has 2 rings (SSSR count). The van der Waals surface area contributed by atoms with E-state index in [-0.39, 0.29) is 16.9 Å². The van der Waals surface area contributed by atoms with Crippen molar-refractivity contribution in [2.75, 3.05) is 38.6 Å². The third-order valence-corrected chi connectivity index (χ3v) is 7.40. The lowest BCUT2D eigenvalue weighted by molar-refractivity contribution is 0.107. The summed E-state index contributed by atoms with van der Waals surface area (Å²) in [6.45, 7) is 7.80. The molecule has 1 aromatic carbocycles. The van der Waals surface area contributed by atoms with Gasteiger partial charge < -0.3 is 15.4 Å². The zero-order valence-corrected chi connectivity index (χ0v) is 19.5. The number of nitrogens with one attached hydrogen (secondary N) is 2. The fourth-order valence-corrected chi connectivity index (χ4v) is 5.46. The van der Waals surface area contributed by atoms with Crippen LogP contribution in [0.15, 0.2) is 35.3 Å². The van der Waals surface area contributed by atoms with Crippen LogP contribution in [0.2, 0.25) is 0 Å².